The lowest BCUT2D eigenvalue weighted by Gasteiger charge is -2.17. The Morgan fingerprint density at radius 2 is 2.27 bits per heavy atom. The second-order valence-corrected chi connectivity index (χ2v) is 8.10. The molecule has 1 aliphatic carbocycles. The van der Waals surface area contributed by atoms with E-state index in [0.717, 1.165) is 31.2 Å². The van der Waals surface area contributed by atoms with Crippen molar-refractivity contribution < 1.29 is 9.59 Å². The van der Waals surface area contributed by atoms with E-state index in [4.69, 9.17) is 0 Å². The largest absolute Gasteiger partial charge is 0.355 e. The number of piperidine rings is 1. The van der Waals surface area contributed by atoms with Gasteiger partial charge in [0.15, 0.2) is 0 Å². The lowest BCUT2D eigenvalue weighted by Crippen LogP contribution is -2.38. The molecule has 3 rings (SSSR count). The molecule has 0 radical (unpaired) electrons. The average Bonchev–Trinajstić information content (AvgIpc) is 3.17. The Bertz CT molecular complexity index is 723. The zero-order chi connectivity index (χ0) is 18.7. The molecule has 0 spiro atoms. The predicted molar refractivity (Wildman–Crippen MR) is 105 cm³/mol. The summed E-state index contributed by atoms with van der Waals surface area (Å²) >= 11 is 3.33. The number of unbranched alkanes of at least 4 members (excludes halogenated alkanes) is 1. The van der Waals surface area contributed by atoms with Crippen molar-refractivity contribution in [3.05, 3.63) is 35.0 Å². The van der Waals surface area contributed by atoms with Gasteiger partial charge < -0.3 is 16.0 Å². The number of aryl methyl sites for hydroxylation is 1. The first-order chi connectivity index (χ1) is 12.4. The Hall–Kier alpha value is -1.73. The predicted octanol–water partition coefficient (Wildman–Crippen LogP) is 2.68. The minimum absolute atomic E-state index is 0.0237. The number of hydrogen-bond donors (Lipinski definition) is 3. The summed E-state index contributed by atoms with van der Waals surface area (Å²) in [6.45, 7) is 6.21. The van der Waals surface area contributed by atoms with Crippen LogP contribution in [0.1, 0.15) is 37.7 Å². The van der Waals surface area contributed by atoms with Crippen LogP contribution in [0.3, 0.4) is 0 Å². The summed E-state index contributed by atoms with van der Waals surface area (Å²) < 4.78 is 0.691. The molecule has 6 nitrogen and oxygen atoms in total. The zero-order valence-corrected chi connectivity index (χ0v) is 16.6. The van der Waals surface area contributed by atoms with Gasteiger partial charge in [-0.2, -0.15) is 0 Å². The number of fused-ring (bicyclic) bond motifs is 1. The number of aromatic nitrogens is 1. The van der Waals surface area contributed by atoms with E-state index in [-0.39, 0.29) is 23.3 Å². The number of pyridine rings is 1. The van der Waals surface area contributed by atoms with Crippen molar-refractivity contribution in [2.75, 3.05) is 11.9 Å². The molecule has 3 atom stereocenters. The number of halogens is 1. The van der Waals surface area contributed by atoms with Gasteiger partial charge in [0.25, 0.3) is 0 Å². The Labute approximate surface area is 162 Å². The third-order valence-corrected chi connectivity index (χ3v) is 5.72. The van der Waals surface area contributed by atoms with Crippen LogP contribution >= 0.6 is 15.9 Å². The second-order valence-electron chi connectivity index (χ2n) is 7.29. The molecule has 26 heavy (non-hydrogen) atoms. The Morgan fingerprint density at radius 3 is 3.04 bits per heavy atom. The van der Waals surface area contributed by atoms with Crippen LogP contribution in [0.25, 0.3) is 0 Å². The molecule has 1 aromatic heterocycles. The standard InChI is InChI=1S/C19H25BrN4O2/c1-3-4-5-6-16(25)21-11-19-9-13(22-14(19)10-19)18(26)24-17-12(2)7-8-15(20)23-17/h3,7-8,13-14,22H,1,4-6,9-11H2,2H3,(H,21,25)(H,23,24,26)/t13-,14?,19-/m0/s1. The van der Waals surface area contributed by atoms with Crippen molar-refractivity contribution in [1.82, 2.24) is 15.6 Å². The van der Waals surface area contributed by atoms with Crippen molar-refractivity contribution in [2.45, 2.75) is 51.1 Å². The van der Waals surface area contributed by atoms with Gasteiger partial charge in [0, 0.05) is 24.4 Å². The van der Waals surface area contributed by atoms with Crippen molar-refractivity contribution in [2.24, 2.45) is 5.41 Å². The number of rotatable bonds is 8. The van der Waals surface area contributed by atoms with Gasteiger partial charge in [0.05, 0.1) is 6.04 Å². The topological polar surface area (TPSA) is 83.1 Å². The minimum atomic E-state index is -0.244. The molecule has 0 bridgehead atoms. The van der Waals surface area contributed by atoms with Crippen LogP contribution < -0.4 is 16.0 Å². The van der Waals surface area contributed by atoms with E-state index in [1.54, 1.807) is 0 Å². The van der Waals surface area contributed by atoms with Crippen molar-refractivity contribution >= 4 is 33.6 Å². The van der Waals surface area contributed by atoms with E-state index in [1.165, 1.54) is 0 Å². The van der Waals surface area contributed by atoms with Gasteiger partial charge in [-0.1, -0.05) is 12.1 Å². The number of carbonyl (C=O) groups is 2. The molecule has 1 saturated carbocycles. The number of nitrogens with zero attached hydrogens (tertiary/aromatic N) is 1. The number of carbonyl (C=O) groups excluding carboxylic acids is 2. The van der Waals surface area contributed by atoms with E-state index in [9.17, 15) is 9.59 Å². The highest BCUT2D eigenvalue weighted by atomic mass is 79.9. The molecular weight excluding hydrogens is 396 g/mol. The Balaban J connectivity index is 1.49. The van der Waals surface area contributed by atoms with E-state index in [2.05, 4.69) is 43.4 Å². The molecule has 1 aromatic rings. The fraction of sp³-hybridized carbons (Fsp3) is 0.526. The Kier molecular flexibility index (Phi) is 5.77. The lowest BCUT2D eigenvalue weighted by molar-refractivity contribution is -0.121. The molecule has 1 unspecified atom stereocenters. The van der Waals surface area contributed by atoms with E-state index >= 15 is 0 Å². The van der Waals surface area contributed by atoms with Crippen LogP contribution in [0, 0.1) is 12.3 Å². The SMILES string of the molecule is C=CCCCC(=O)NC[C@]12CC1N[C@H](C(=O)Nc1nc(Br)ccc1C)C2. The van der Waals surface area contributed by atoms with Gasteiger partial charge in [0.1, 0.15) is 10.4 Å². The van der Waals surface area contributed by atoms with Gasteiger partial charge in [-0.3, -0.25) is 9.59 Å². The van der Waals surface area contributed by atoms with Crippen molar-refractivity contribution in [3.8, 4) is 0 Å². The van der Waals surface area contributed by atoms with E-state index in [1.807, 2.05) is 25.1 Å². The molecule has 0 aromatic carbocycles. The maximum Gasteiger partial charge on any atom is 0.242 e. The number of hydrogen-bond acceptors (Lipinski definition) is 4. The average molecular weight is 421 g/mol. The fourth-order valence-corrected chi connectivity index (χ4v) is 3.87. The summed E-state index contributed by atoms with van der Waals surface area (Å²) in [4.78, 5) is 28.8. The molecule has 1 saturated heterocycles. The third kappa shape index (κ3) is 4.32. The van der Waals surface area contributed by atoms with E-state index < -0.39 is 0 Å². The molecule has 2 fully saturated rings. The van der Waals surface area contributed by atoms with Crippen LogP contribution in [0.2, 0.25) is 0 Å². The lowest BCUT2D eigenvalue weighted by atomic mass is 9.99. The number of allylic oxidation sites excluding steroid dienone is 1. The van der Waals surface area contributed by atoms with Crippen LogP contribution in [0.4, 0.5) is 5.82 Å². The molecule has 2 aliphatic rings. The molecular formula is C19H25BrN4O2. The zero-order valence-electron chi connectivity index (χ0n) is 15.0. The molecule has 2 amide bonds. The smallest absolute Gasteiger partial charge is 0.242 e. The first-order valence-electron chi connectivity index (χ1n) is 9.01. The molecule has 3 N–H and O–H groups in total. The number of nitrogens with one attached hydrogen (secondary N) is 3. The molecule has 7 heteroatoms. The molecule has 1 aliphatic heterocycles. The fourth-order valence-electron chi connectivity index (χ4n) is 3.56. The summed E-state index contributed by atoms with van der Waals surface area (Å²) in [6.07, 6.45) is 5.79. The van der Waals surface area contributed by atoms with Crippen LogP contribution in [-0.2, 0) is 9.59 Å². The van der Waals surface area contributed by atoms with Crippen LogP contribution in [0.15, 0.2) is 29.4 Å². The second kappa shape index (κ2) is 7.88. The van der Waals surface area contributed by atoms with Gasteiger partial charge in [-0.25, -0.2) is 4.98 Å². The first kappa shape index (κ1) is 19.0. The van der Waals surface area contributed by atoms with Crippen molar-refractivity contribution in [3.63, 3.8) is 0 Å². The van der Waals surface area contributed by atoms with Crippen LogP contribution in [0.5, 0.6) is 0 Å². The molecule has 140 valence electrons. The number of anilines is 1. The summed E-state index contributed by atoms with van der Waals surface area (Å²) in [5.74, 6) is 0.590. The van der Waals surface area contributed by atoms with Crippen LogP contribution in [-0.4, -0.2) is 35.4 Å². The highest BCUT2D eigenvalue weighted by molar-refractivity contribution is 9.10. The monoisotopic (exact) mass is 420 g/mol. The minimum Gasteiger partial charge on any atom is -0.355 e. The summed E-state index contributed by atoms with van der Waals surface area (Å²) in [6, 6.07) is 3.82. The number of amides is 2. The quantitative estimate of drug-likeness (QED) is 0.343. The van der Waals surface area contributed by atoms with Gasteiger partial charge in [-0.15, -0.1) is 6.58 Å². The van der Waals surface area contributed by atoms with Gasteiger partial charge in [-0.05, 0) is 60.2 Å². The Morgan fingerprint density at radius 1 is 1.46 bits per heavy atom. The highest BCUT2D eigenvalue weighted by Crippen LogP contribution is 2.54. The maximum absolute atomic E-state index is 12.6. The normalized spacial score (nSPS) is 26.1. The molecule has 2 heterocycles. The van der Waals surface area contributed by atoms with Gasteiger partial charge >= 0.3 is 0 Å². The third-order valence-electron chi connectivity index (χ3n) is 5.27. The summed E-state index contributed by atoms with van der Waals surface area (Å²) in [7, 11) is 0. The van der Waals surface area contributed by atoms with Gasteiger partial charge in [0.2, 0.25) is 11.8 Å². The van der Waals surface area contributed by atoms with Crippen molar-refractivity contribution in [1.29, 1.82) is 0 Å². The summed E-state index contributed by atoms with van der Waals surface area (Å²) in [5.41, 5.74) is 0.946. The maximum atomic E-state index is 12.6. The summed E-state index contributed by atoms with van der Waals surface area (Å²) in [5, 5.41) is 9.32. The van der Waals surface area contributed by atoms with E-state index in [0.29, 0.717) is 29.4 Å². The highest BCUT2D eigenvalue weighted by Gasteiger charge is 2.61. The first-order valence-corrected chi connectivity index (χ1v) is 9.80.